The molecule has 0 aromatic rings. The third-order valence-corrected chi connectivity index (χ3v) is 2.31. The molecule has 0 aliphatic heterocycles. The second-order valence-corrected chi connectivity index (χ2v) is 5.58. The number of aliphatic hydroxyl groups is 1. The van der Waals surface area contributed by atoms with Crippen LogP contribution in [0.3, 0.4) is 0 Å². The lowest BCUT2D eigenvalue weighted by Crippen LogP contribution is -2.28. The minimum Gasteiger partial charge on any atom is -0.392 e. The average molecular weight is 212 g/mol. The molecule has 2 nitrogen and oxygen atoms in total. The highest BCUT2D eigenvalue weighted by atomic mass is 16.3. The van der Waals surface area contributed by atoms with Crippen LogP contribution in [0.1, 0.15) is 47.5 Å². The Hall–Kier alpha value is -0.630. The van der Waals surface area contributed by atoms with E-state index in [9.17, 15) is 9.90 Å². The minimum absolute atomic E-state index is 0.0121. The molecule has 2 heteroatoms. The second kappa shape index (κ2) is 6.06. The third kappa shape index (κ3) is 7.32. The normalized spacial score (nSPS) is 14.9. The van der Waals surface area contributed by atoms with Crippen LogP contribution in [-0.2, 0) is 4.79 Å². The van der Waals surface area contributed by atoms with Crippen LogP contribution in [0.15, 0.2) is 12.2 Å². The van der Waals surface area contributed by atoms with Crippen LogP contribution in [0.5, 0.6) is 0 Å². The number of rotatable bonds is 5. The molecule has 0 bridgehead atoms. The van der Waals surface area contributed by atoms with E-state index in [-0.39, 0.29) is 17.6 Å². The van der Waals surface area contributed by atoms with Gasteiger partial charge in [0.25, 0.3) is 0 Å². The van der Waals surface area contributed by atoms with Crippen LogP contribution in [0, 0.1) is 11.3 Å². The summed E-state index contributed by atoms with van der Waals surface area (Å²) in [6.45, 7) is 10.0. The monoisotopic (exact) mass is 212 g/mol. The van der Waals surface area contributed by atoms with Gasteiger partial charge in [-0.25, -0.2) is 0 Å². The summed E-state index contributed by atoms with van der Waals surface area (Å²) in [7, 11) is 0. The lowest BCUT2D eigenvalue weighted by Gasteiger charge is -2.24. The Labute approximate surface area is 93.4 Å². The SMILES string of the molecule is CC(C)C/C=C/C(=O)CC(O)C(C)(C)C. The zero-order valence-electron chi connectivity index (χ0n) is 10.6. The highest BCUT2D eigenvalue weighted by molar-refractivity contribution is 5.89. The molecule has 1 unspecified atom stereocenters. The number of hydrogen-bond donors (Lipinski definition) is 1. The fourth-order valence-electron chi connectivity index (χ4n) is 1.04. The summed E-state index contributed by atoms with van der Waals surface area (Å²) in [4.78, 5) is 11.4. The highest BCUT2D eigenvalue weighted by Crippen LogP contribution is 2.21. The molecule has 0 saturated carbocycles. The van der Waals surface area contributed by atoms with Crippen LogP contribution in [0.4, 0.5) is 0 Å². The van der Waals surface area contributed by atoms with E-state index in [1.165, 1.54) is 0 Å². The summed E-state index contributed by atoms with van der Waals surface area (Å²) in [5, 5.41) is 9.71. The van der Waals surface area contributed by atoms with Gasteiger partial charge in [0.15, 0.2) is 5.78 Å². The van der Waals surface area contributed by atoms with Crippen molar-refractivity contribution in [2.45, 2.75) is 53.6 Å². The van der Waals surface area contributed by atoms with E-state index in [1.807, 2.05) is 26.8 Å². The van der Waals surface area contributed by atoms with Crippen molar-refractivity contribution in [3.63, 3.8) is 0 Å². The van der Waals surface area contributed by atoms with E-state index >= 15 is 0 Å². The molecule has 88 valence electrons. The minimum atomic E-state index is -0.561. The molecule has 0 fully saturated rings. The van der Waals surface area contributed by atoms with Crippen molar-refractivity contribution in [1.29, 1.82) is 0 Å². The van der Waals surface area contributed by atoms with Gasteiger partial charge in [0.1, 0.15) is 0 Å². The van der Waals surface area contributed by atoms with Crippen molar-refractivity contribution in [3.05, 3.63) is 12.2 Å². The molecule has 1 atom stereocenters. The van der Waals surface area contributed by atoms with Crippen molar-refractivity contribution in [2.75, 3.05) is 0 Å². The Morgan fingerprint density at radius 3 is 2.27 bits per heavy atom. The summed E-state index contributed by atoms with van der Waals surface area (Å²) in [6.07, 6.45) is 4.06. The molecule has 0 aromatic heterocycles. The number of carbonyl (C=O) groups excluding carboxylic acids is 1. The summed E-state index contributed by atoms with van der Waals surface area (Å²) in [5.74, 6) is 0.583. The quantitative estimate of drug-likeness (QED) is 0.711. The second-order valence-electron chi connectivity index (χ2n) is 5.58. The maximum absolute atomic E-state index is 11.4. The predicted octanol–water partition coefficient (Wildman–Crippen LogP) is 2.95. The molecule has 0 rings (SSSR count). The zero-order chi connectivity index (χ0) is 12.1. The third-order valence-electron chi connectivity index (χ3n) is 2.31. The molecule has 0 amide bonds. The molecule has 0 aromatic carbocycles. The summed E-state index contributed by atoms with van der Waals surface area (Å²) in [5.41, 5.74) is -0.221. The number of ketones is 1. The average Bonchev–Trinajstić information content (AvgIpc) is 2.01. The number of aliphatic hydroxyl groups excluding tert-OH is 1. The van der Waals surface area contributed by atoms with Crippen molar-refractivity contribution >= 4 is 5.78 Å². The van der Waals surface area contributed by atoms with Gasteiger partial charge in [-0.2, -0.15) is 0 Å². The van der Waals surface area contributed by atoms with E-state index in [2.05, 4.69) is 13.8 Å². The molecule has 0 aliphatic carbocycles. The molecule has 0 saturated heterocycles. The summed E-state index contributed by atoms with van der Waals surface area (Å²) < 4.78 is 0. The largest absolute Gasteiger partial charge is 0.392 e. The first kappa shape index (κ1) is 14.4. The van der Waals surface area contributed by atoms with Gasteiger partial charge in [0, 0.05) is 6.42 Å². The fraction of sp³-hybridized carbons (Fsp3) is 0.769. The van der Waals surface area contributed by atoms with E-state index in [0.29, 0.717) is 5.92 Å². The Morgan fingerprint density at radius 1 is 1.33 bits per heavy atom. The number of allylic oxidation sites excluding steroid dienone is 2. The van der Waals surface area contributed by atoms with Gasteiger partial charge in [-0.15, -0.1) is 0 Å². The number of hydrogen-bond acceptors (Lipinski definition) is 2. The Bertz CT molecular complexity index is 221. The lowest BCUT2D eigenvalue weighted by molar-refractivity contribution is -0.117. The van der Waals surface area contributed by atoms with Crippen molar-refractivity contribution < 1.29 is 9.90 Å². The van der Waals surface area contributed by atoms with Crippen molar-refractivity contribution in [3.8, 4) is 0 Å². The topological polar surface area (TPSA) is 37.3 Å². The van der Waals surface area contributed by atoms with Crippen LogP contribution in [0.25, 0.3) is 0 Å². The smallest absolute Gasteiger partial charge is 0.157 e. The van der Waals surface area contributed by atoms with Gasteiger partial charge in [-0.05, 0) is 23.8 Å². The van der Waals surface area contributed by atoms with E-state index in [0.717, 1.165) is 6.42 Å². The fourth-order valence-corrected chi connectivity index (χ4v) is 1.04. The molecule has 0 aliphatic rings. The molecular formula is C13H24O2. The van der Waals surface area contributed by atoms with Crippen molar-refractivity contribution in [2.24, 2.45) is 11.3 Å². The molecule has 0 radical (unpaired) electrons. The van der Waals surface area contributed by atoms with E-state index < -0.39 is 6.10 Å². The van der Waals surface area contributed by atoms with Gasteiger partial charge in [-0.3, -0.25) is 4.79 Å². The maximum Gasteiger partial charge on any atom is 0.157 e. The molecule has 15 heavy (non-hydrogen) atoms. The lowest BCUT2D eigenvalue weighted by atomic mass is 9.86. The van der Waals surface area contributed by atoms with Gasteiger partial charge < -0.3 is 5.11 Å². The van der Waals surface area contributed by atoms with E-state index in [4.69, 9.17) is 0 Å². The van der Waals surface area contributed by atoms with Crippen LogP contribution in [-0.4, -0.2) is 17.0 Å². The van der Waals surface area contributed by atoms with Crippen LogP contribution in [0.2, 0.25) is 0 Å². The summed E-state index contributed by atoms with van der Waals surface area (Å²) in [6, 6.07) is 0. The summed E-state index contributed by atoms with van der Waals surface area (Å²) >= 11 is 0. The van der Waals surface area contributed by atoms with Gasteiger partial charge in [-0.1, -0.05) is 40.7 Å². The Kier molecular flexibility index (Phi) is 5.81. The molecule has 0 heterocycles. The molecular weight excluding hydrogens is 188 g/mol. The van der Waals surface area contributed by atoms with Gasteiger partial charge >= 0.3 is 0 Å². The van der Waals surface area contributed by atoms with Crippen LogP contribution >= 0.6 is 0 Å². The maximum atomic E-state index is 11.4. The molecule has 0 spiro atoms. The first-order valence-electron chi connectivity index (χ1n) is 5.61. The van der Waals surface area contributed by atoms with E-state index in [1.54, 1.807) is 6.08 Å². The van der Waals surface area contributed by atoms with Gasteiger partial charge in [0.2, 0.25) is 0 Å². The predicted molar refractivity (Wildman–Crippen MR) is 63.7 cm³/mol. The van der Waals surface area contributed by atoms with Crippen LogP contribution < -0.4 is 0 Å². The zero-order valence-corrected chi connectivity index (χ0v) is 10.6. The molecule has 1 N–H and O–H groups in total. The number of carbonyl (C=O) groups is 1. The first-order valence-corrected chi connectivity index (χ1v) is 5.61. The first-order chi connectivity index (χ1) is 6.73. The standard InChI is InChI=1S/C13H24O2/c1-10(2)7-6-8-11(14)9-12(15)13(3,4)5/h6,8,10,12,15H,7,9H2,1-5H3/b8-6+. The van der Waals surface area contributed by atoms with Gasteiger partial charge in [0.05, 0.1) is 6.10 Å². The highest BCUT2D eigenvalue weighted by Gasteiger charge is 2.23. The Morgan fingerprint density at radius 2 is 1.87 bits per heavy atom. The van der Waals surface area contributed by atoms with Crippen molar-refractivity contribution in [1.82, 2.24) is 0 Å². The Balaban J connectivity index is 3.99.